The highest BCUT2D eigenvalue weighted by molar-refractivity contribution is 4.93. The Labute approximate surface area is 81.3 Å². The molecule has 2 nitrogen and oxygen atoms in total. The molecule has 0 radical (unpaired) electrons. The van der Waals surface area contributed by atoms with E-state index in [-0.39, 0.29) is 10.8 Å². The molecule has 0 atom stereocenters. The highest BCUT2D eigenvalue weighted by atomic mass is 16.6. The zero-order chi connectivity index (χ0) is 10.3. The Kier molecular flexibility index (Phi) is 2.50. The van der Waals surface area contributed by atoms with Crippen LogP contribution in [0.3, 0.4) is 0 Å². The summed E-state index contributed by atoms with van der Waals surface area (Å²) >= 11 is 0. The zero-order valence-electron chi connectivity index (χ0n) is 9.48. The fraction of sp³-hybridized carbons (Fsp3) is 1.00. The average molecular weight is 186 g/mol. The smallest absolute Gasteiger partial charge is 0.166 e. The zero-order valence-corrected chi connectivity index (χ0v) is 9.48. The van der Waals surface area contributed by atoms with Gasteiger partial charge in [-0.2, -0.15) is 0 Å². The molecule has 1 aliphatic rings. The highest BCUT2D eigenvalue weighted by Crippen LogP contribution is 2.50. The summed E-state index contributed by atoms with van der Waals surface area (Å²) < 4.78 is 5.21. The molecule has 0 saturated heterocycles. The van der Waals surface area contributed by atoms with Crippen molar-refractivity contribution in [2.24, 2.45) is 10.8 Å². The quantitative estimate of drug-likeness (QED) is 0.638. The standard InChI is InChI=1S/C11H22O2/c1-9(2)6-10(3,4)8-11(12,7-9)13-5/h12H,6-8H2,1-5H3. The second-order valence-electron chi connectivity index (χ2n) is 6.01. The van der Waals surface area contributed by atoms with Gasteiger partial charge in [0.05, 0.1) is 0 Å². The molecule has 2 heteroatoms. The van der Waals surface area contributed by atoms with Crippen LogP contribution in [0, 0.1) is 10.8 Å². The molecule has 0 aromatic heterocycles. The van der Waals surface area contributed by atoms with Crippen LogP contribution in [0.1, 0.15) is 47.0 Å². The van der Waals surface area contributed by atoms with Crippen molar-refractivity contribution in [3.63, 3.8) is 0 Å². The predicted molar refractivity (Wildman–Crippen MR) is 53.4 cm³/mol. The van der Waals surface area contributed by atoms with Crippen LogP contribution in [-0.2, 0) is 4.74 Å². The molecule has 0 aliphatic heterocycles. The van der Waals surface area contributed by atoms with Gasteiger partial charge in [0.2, 0.25) is 0 Å². The van der Waals surface area contributed by atoms with E-state index in [0.717, 1.165) is 19.3 Å². The van der Waals surface area contributed by atoms with E-state index in [2.05, 4.69) is 27.7 Å². The second kappa shape index (κ2) is 2.96. The van der Waals surface area contributed by atoms with Crippen LogP contribution in [-0.4, -0.2) is 18.0 Å². The van der Waals surface area contributed by atoms with Crippen LogP contribution in [0.25, 0.3) is 0 Å². The van der Waals surface area contributed by atoms with E-state index in [1.54, 1.807) is 7.11 Å². The van der Waals surface area contributed by atoms with Gasteiger partial charge in [-0.3, -0.25) is 0 Å². The molecule has 0 unspecified atom stereocenters. The summed E-state index contributed by atoms with van der Waals surface area (Å²) in [4.78, 5) is 0. The molecule has 1 N–H and O–H groups in total. The summed E-state index contributed by atoms with van der Waals surface area (Å²) in [6.07, 6.45) is 2.62. The van der Waals surface area contributed by atoms with Gasteiger partial charge in [0.1, 0.15) is 0 Å². The summed E-state index contributed by atoms with van der Waals surface area (Å²) in [6, 6.07) is 0. The second-order valence-corrected chi connectivity index (χ2v) is 6.01. The van der Waals surface area contributed by atoms with Gasteiger partial charge >= 0.3 is 0 Å². The van der Waals surface area contributed by atoms with Crippen molar-refractivity contribution < 1.29 is 9.84 Å². The van der Waals surface area contributed by atoms with Gasteiger partial charge in [0, 0.05) is 20.0 Å². The first-order chi connectivity index (χ1) is 5.68. The lowest BCUT2D eigenvalue weighted by Gasteiger charge is -2.48. The molecule has 0 bridgehead atoms. The molecular weight excluding hydrogens is 164 g/mol. The minimum Gasteiger partial charge on any atom is -0.365 e. The van der Waals surface area contributed by atoms with Crippen molar-refractivity contribution in [3.05, 3.63) is 0 Å². The molecule has 1 rings (SSSR count). The third-order valence-corrected chi connectivity index (χ3v) is 2.85. The Morgan fingerprint density at radius 2 is 1.31 bits per heavy atom. The summed E-state index contributed by atoms with van der Waals surface area (Å²) in [7, 11) is 1.59. The van der Waals surface area contributed by atoms with Gasteiger partial charge in [-0.1, -0.05) is 27.7 Å². The van der Waals surface area contributed by atoms with E-state index in [1.165, 1.54) is 0 Å². The Bertz CT molecular complexity index is 178. The van der Waals surface area contributed by atoms with Crippen molar-refractivity contribution in [2.45, 2.75) is 52.7 Å². The minimum absolute atomic E-state index is 0.173. The van der Waals surface area contributed by atoms with E-state index >= 15 is 0 Å². The summed E-state index contributed by atoms with van der Waals surface area (Å²) in [5, 5.41) is 10.1. The molecule has 13 heavy (non-hydrogen) atoms. The largest absolute Gasteiger partial charge is 0.365 e. The van der Waals surface area contributed by atoms with Gasteiger partial charge in [-0.15, -0.1) is 0 Å². The third-order valence-electron chi connectivity index (χ3n) is 2.85. The van der Waals surface area contributed by atoms with E-state index < -0.39 is 5.79 Å². The normalized spacial score (nSPS) is 30.0. The summed E-state index contributed by atoms with van der Waals surface area (Å²) in [6.45, 7) is 8.77. The lowest BCUT2D eigenvalue weighted by atomic mass is 9.63. The monoisotopic (exact) mass is 186 g/mol. The van der Waals surface area contributed by atoms with Crippen LogP contribution in [0.5, 0.6) is 0 Å². The molecule has 1 saturated carbocycles. The lowest BCUT2D eigenvalue weighted by Crippen LogP contribution is -2.47. The molecule has 0 heterocycles. The van der Waals surface area contributed by atoms with Crippen LogP contribution in [0.4, 0.5) is 0 Å². The SMILES string of the molecule is COC1(O)CC(C)(C)CC(C)(C)C1. The maximum absolute atomic E-state index is 10.1. The van der Waals surface area contributed by atoms with E-state index in [0.29, 0.717) is 0 Å². The van der Waals surface area contributed by atoms with Crippen LogP contribution < -0.4 is 0 Å². The number of hydrogen-bond acceptors (Lipinski definition) is 2. The van der Waals surface area contributed by atoms with Crippen molar-refractivity contribution in [3.8, 4) is 0 Å². The van der Waals surface area contributed by atoms with Gasteiger partial charge in [-0.25, -0.2) is 0 Å². The Morgan fingerprint density at radius 1 is 0.923 bits per heavy atom. The first kappa shape index (κ1) is 11.0. The molecule has 0 aromatic rings. The summed E-state index contributed by atoms with van der Waals surface area (Å²) in [5.41, 5.74) is 0.346. The maximum Gasteiger partial charge on any atom is 0.166 e. The van der Waals surface area contributed by atoms with E-state index in [1.807, 2.05) is 0 Å². The highest BCUT2D eigenvalue weighted by Gasteiger charge is 2.46. The minimum atomic E-state index is -0.911. The van der Waals surface area contributed by atoms with Crippen molar-refractivity contribution in [2.75, 3.05) is 7.11 Å². The number of rotatable bonds is 1. The molecule has 0 amide bonds. The van der Waals surface area contributed by atoms with Crippen molar-refractivity contribution in [1.29, 1.82) is 0 Å². The van der Waals surface area contributed by atoms with Crippen LogP contribution >= 0.6 is 0 Å². The van der Waals surface area contributed by atoms with Gasteiger partial charge in [-0.05, 0) is 17.3 Å². The molecular formula is C11H22O2. The average Bonchev–Trinajstić information content (AvgIpc) is 1.79. The van der Waals surface area contributed by atoms with E-state index in [4.69, 9.17) is 4.74 Å². The van der Waals surface area contributed by atoms with Gasteiger partial charge in [0.25, 0.3) is 0 Å². The Hall–Kier alpha value is -0.0800. The molecule has 1 fully saturated rings. The van der Waals surface area contributed by atoms with Gasteiger partial charge < -0.3 is 9.84 Å². The maximum atomic E-state index is 10.1. The summed E-state index contributed by atoms with van der Waals surface area (Å²) in [5.74, 6) is -0.911. The molecule has 0 aromatic carbocycles. The molecule has 1 aliphatic carbocycles. The van der Waals surface area contributed by atoms with Crippen LogP contribution in [0.2, 0.25) is 0 Å². The van der Waals surface area contributed by atoms with E-state index in [9.17, 15) is 5.11 Å². The van der Waals surface area contributed by atoms with Crippen molar-refractivity contribution in [1.82, 2.24) is 0 Å². The molecule has 0 spiro atoms. The number of hydrogen-bond donors (Lipinski definition) is 1. The lowest BCUT2D eigenvalue weighted by molar-refractivity contribution is -0.243. The van der Waals surface area contributed by atoms with Crippen LogP contribution in [0.15, 0.2) is 0 Å². The predicted octanol–water partition coefficient (Wildman–Crippen LogP) is 2.56. The topological polar surface area (TPSA) is 29.5 Å². The Morgan fingerprint density at radius 3 is 1.62 bits per heavy atom. The van der Waals surface area contributed by atoms with Crippen molar-refractivity contribution >= 4 is 0 Å². The third kappa shape index (κ3) is 2.68. The number of aliphatic hydroxyl groups is 1. The van der Waals surface area contributed by atoms with Gasteiger partial charge in [0.15, 0.2) is 5.79 Å². The number of ether oxygens (including phenoxy) is 1. The fourth-order valence-corrected chi connectivity index (χ4v) is 3.12. The first-order valence-corrected chi connectivity index (χ1v) is 4.96. The number of methoxy groups -OCH3 is 1. The molecule has 78 valence electrons. The Balaban J connectivity index is 2.84. The first-order valence-electron chi connectivity index (χ1n) is 4.96. The fourth-order valence-electron chi connectivity index (χ4n) is 3.12.